The quantitative estimate of drug-likeness (QED) is 0.831. The highest BCUT2D eigenvalue weighted by molar-refractivity contribution is 5.76. The van der Waals surface area contributed by atoms with Gasteiger partial charge in [0, 0.05) is 37.6 Å². The van der Waals surface area contributed by atoms with Crippen molar-refractivity contribution in [2.75, 3.05) is 19.6 Å². The first-order valence-electron chi connectivity index (χ1n) is 8.00. The largest absolute Gasteiger partial charge is 0.444 e. The van der Waals surface area contributed by atoms with Gasteiger partial charge in [-0.15, -0.1) is 0 Å². The van der Waals surface area contributed by atoms with Crippen LogP contribution in [-0.4, -0.2) is 53.7 Å². The molecule has 1 saturated heterocycles. The molecule has 0 aromatic heterocycles. The summed E-state index contributed by atoms with van der Waals surface area (Å²) in [7, 11) is 0. The van der Waals surface area contributed by atoms with E-state index in [0.29, 0.717) is 26.1 Å². The number of rotatable bonds is 4. The molecule has 2 N–H and O–H groups in total. The normalized spacial score (nSPS) is 19.5. The van der Waals surface area contributed by atoms with E-state index < -0.39 is 5.60 Å². The zero-order valence-electron chi connectivity index (χ0n) is 14.8. The SMILES string of the molecule is CC(C)(C)OC(=O)N(CCNC1CCC(=O)NC1)C(C)(C)C. The van der Waals surface area contributed by atoms with E-state index in [-0.39, 0.29) is 23.6 Å². The smallest absolute Gasteiger partial charge is 0.410 e. The Hall–Kier alpha value is -1.30. The first-order chi connectivity index (χ1) is 9.99. The number of hydrogen-bond donors (Lipinski definition) is 2. The van der Waals surface area contributed by atoms with Gasteiger partial charge in [0.25, 0.3) is 0 Å². The Balaban J connectivity index is 2.49. The maximum atomic E-state index is 12.3. The van der Waals surface area contributed by atoms with Crippen molar-refractivity contribution < 1.29 is 14.3 Å². The van der Waals surface area contributed by atoms with E-state index in [1.807, 2.05) is 41.5 Å². The third-order valence-corrected chi connectivity index (χ3v) is 3.46. The van der Waals surface area contributed by atoms with Crippen molar-refractivity contribution in [3.05, 3.63) is 0 Å². The molecule has 2 amide bonds. The molecule has 1 aliphatic rings. The van der Waals surface area contributed by atoms with Crippen molar-refractivity contribution in [1.29, 1.82) is 0 Å². The van der Waals surface area contributed by atoms with E-state index in [2.05, 4.69) is 10.6 Å². The Bertz CT molecular complexity index is 386. The number of hydrogen-bond acceptors (Lipinski definition) is 4. The van der Waals surface area contributed by atoms with Gasteiger partial charge in [-0.1, -0.05) is 0 Å². The molecule has 1 fully saturated rings. The zero-order valence-corrected chi connectivity index (χ0v) is 14.8. The molecule has 0 aromatic carbocycles. The second kappa shape index (κ2) is 7.31. The zero-order chi connectivity index (χ0) is 17.0. The summed E-state index contributed by atoms with van der Waals surface area (Å²) >= 11 is 0. The van der Waals surface area contributed by atoms with Gasteiger partial charge < -0.3 is 20.3 Å². The number of carbonyl (C=O) groups is 2. The minimum Gasteiger partial charge on any atom is -0.444 e. The molecule has 0 aromatic rings. The van der Waals surface area contributed by atoms with Crippen molar-refractivity contribution >= 4 is 12.0 Å². The Kier molecular flexibility index (Phi) is 6.23. The van der Waals surface area contributed by atoms with Crippen LogP contribution in [-0.2, 0) is 9.53 Å². The van der Waals surface area contributed by atoms with Gasteiger partial charge in [0.15, 0.2) is 0 Å². The molecule has 22 heavy (non-hydrogen) atoms. The molecule has 6 nitrogen and oxygen atoms in total. The van der Waals surface area contributed by atoms with Crippen LogP contribution in [0.4, 0.5) is 4.79 Å². The van der Waals surface area contributed by atoms with E-state index in [1.54, 1.807) is 4.90 Å². The van der Waals surface area contributed by atoms with Crippen LogP contribution in [0.25, 0.3) is 0 Å². The number of amides is 2. The fraction of sp³-hybridized carbons (Fsp3) is 0.875. The topological polar surface area (TPSA) is 70.7 Å². The summed E-state index contributed by atoms with van der Waals surface area (Å²) in [6.45, 7) is 13.5. The lowest BCUT2D eigenvalue weighted by atomic mass is 10.1. The minimum atomic E-state index is -0.498. The molecule has 1 aliphatic heterocycles. The number of ether oxygens (including phenoxy) is 1. The third kappa shape index (κ3) is 6.64. The molecular formula is C16H31N3O3. The standard InChI is InChI=1S/C16H31N3O3/c1-15(2,3)19(14(21)22-16(4,5)6)10-9-17-12-7-8-13(20)18-11-12/h12,17H,7-11H2,1-6H3,(H,18,20). The maximum Gasteiger partial charge on any atom is 0.410 e. The van der Waals surface area contributed by atoms with Crippen LogP contribution in [0.15, 0.2) is 0 Å². The van der Waals surface area contributed by atoms with Crippen molar-refractivity contribution in [3.63, 3.8) is 0 Å². The monoisotopic (exact) mass is 313 g/mol. The molecule has 1 heterocycles. The Morgan fingerprint density at radius 2 is 1.95 bits per heavy atom. The first-order valence-corrected chi connectivity index (χ1v) is 8.00. The van der Waals surface area contributed by atoms with Crippen molar-refractivity contribution in [2.24, 2.45) is 0 Å². The lowest BCUT2D eigenvalue weighted by molar-refractivity contribution is -0.122. The van der Waals surface area contributed by atoms with E-state index in [0.717, 1.165) is 6.42 Å². The Morgan fingerprint density at radius 1 is 1.32 bits per heavy atom. The highest BCUT2D eigenvalue weighted by Gasteiger charge is 2.30. The molecule has 1 atom stereocenters. The fourth-order valence-electron chi connectivity index (χ4n) is 2.31. The van der Waals surface area contributed by atoms with Gasteiger partial charge in [0.2, 0.25) is 5.91 Å². The molecule has 0 radical (unpaired) electrons. The minimum absolute atomic E-state index is 0.114. The van der Waals surface area contributed by atoms with Gasteiger partial charge in [0.05, 0.1) is 0 Å². The molecule has 1 rings (SSSR count). The number of nitrogens with one attached hydrogen (secondary N) is 2. The Morgan fingerprint density at radius 3 is 2.41 bits per heavy atom. The van der Waals surface area contributed by atoms with E-state index in [1.165, 1.54) is 0 Å². The average molecular weight is 313 g/mol. The van der Waals surface area contributed by atoms with Gasteiger partial charge in [-0.3, -0.25) is 4.79 Å². The second-order valence-electron chi connectivity index (χ2n) is 7.80. The van der Waals surface area contributed by atoms with Gasteiger partial charge in [-0.2, -0.15) is 0 Å². The summed E-state index contributed by atoms with van der Waals surface area (Å²) in [4.78, 5) is 25.2. The third-order valence-electron chi connectivity index (χ3n) is 3.46. The van der Waals surface area contributed by atoms with Gasteiger partial charge >= 0.3 is 6.09 Å². The summed E-state index contributed by atoms with van der Waals surface area (Å²) < 4.78 is 5.49. The van der Waals surface area contributed by atoms with Gasteiger partial charge in [-0.05, 0) is 48.0 Å². The van der Waals surface area contributed by atoms with E-state index in [9.17, 15) is 9.59 Å². The summed E-state index contributed by atoms with van der Waals surface area (Å²) in [5.74, 6) is 0.114. The summed E-state index contributed by atoms with van der Waals surface area (Å²) in [5, 5.41) is 6.25. The summed E-state index contributed by atoms with van der Waals surface area (Å²) in [6, 6.07) is 0.276. The number of piperidine rings is 1. The summed E-state index contributed by atoms with van der Waals surface area (Å²) in [5.41, 5.74) is -0.799. The maximum absolute atomic E-state index is 12.3. The van der Waals surface area contributed by atoms with Crippen LogP contribution in [0.5, 0.6) is 0 Å². The molecule has 0 saturated carbocycles. The van der Waals surface area contributed by atoms with Crippen LogP contribution in [0.1, 0.15) is 54.4 Å². The molecule has 6 heteroatoms. The van der Waals surface area contributed by atoms with E-state index in [4.69, 9.17) is 4.74 Å². The number of nitrogens with zero attached hydrogens (tertiary/aromatic N) is 1. The molecule has 128 valence electrons. The highest BCUT2D eigenvalue weighted by Crippen LogP contribution is 2.18. The van der Waals surface area contributed by atoms with Crippen molar-refractivity contribution in [1.82, 2.24) is 15.5 Å². The Labute approximate surface area is 134 Å². The van der Waals surface area contributed by atoms with Gasteiger partial charge in [0.1, 0.15) is 5.60 Å². The predicted molar refractivity (Wildman–Crippen MR) is 86.7 cm³/mol. The van der Waals surface area contributed by atoms with Crippen LogP contribution in [0.3, 0.4) is 0 Å². The molecule has 1 unspecified atom stereocenters. The fourth-order valence-corrected chi connectivity index (χ4v) is 2.31. The van der Waals surface area contributed by atoms with Crippen molar-refractivity contribution in [2.45, 2.75) is 71.6 Å². The first kappa shape index (κ1) is 18.7. The summed E-state index contributed by atoms with van der Waals surface area (Å²) in [6.07, 6.45) is 1.11. The number of carbonyl (C=O) groups excluding carboxylic acids is 2. The molecule has 0 aliphatic carbocycles. The highest BCUT2D eigenvalue weighted by atomic mass is 16.6. The van der Waals surface area contributed by atoms with Crippen LogP contribution >= 0.6 is 0 Å². The predicted octanol–water partition coefficient (Wildman–Crippen LogP) is 1.89. The van der Waals surface area contributed by atoms with Gasteiger partial charge in [-0.25, -0.2) is 4.79 Å². The van der Waals surface area contributed by atoms with Crippen LogP contribution < -0.4 is 10.6 Å². The lowest BCUT2D eigenvalue weighted by Gasteiger charge is -2.37. The average Bonchev–Trinajstić information content (AvgIpc) is 2.32. The lowest BCUT2D eigenvalue weighted by Crippen LogP contribution is -2.52. The second-order valence-corrected chi connectivity index (χ2v) is 7.80. The van der Waals surface area contributed by atoms with Crippen molar-refractivity contribution in [3.8, 4) is 0 Å². The molecular weight excluding hydrogens is 282 g/mol. The van der Waals surface area contributed by atoms with E-state index >= 15 is 0 Å². The van der Waals surface area contributed by atoms with Crippen LogP contribution in [0, 0.1) is 0 Å². The van der Waals surface area contributed by atoms with Crippen LogP contribution in [0.2, 0.25) is 0 Å². The molecule has 0 spiro atoms. The molecule has 0 bridgehead atoms.